The van der Waals surface area contributed by atoms with Crippen molar-refractivity contribution in [3.8, 4) is 0 Å². The summed E-state index contributed by atoms with van der Waals surface area (Å²) in [6.45, 7) is 0.258. The highest BCUT2D eigenvalue weighted by Crippen LogP contribution is 2.31. The number of aryl methyl sites for hydroxylation is 1. The predicted molar refractivity (Wildman–Crippen MR) is 108 cm³/mol. The maximum Gasteiger partial charge on any atom is 0.416 e. The van der Waals surface area contributed by atoms with Gasteiger partial charge in [0.2, 0.25) is 0 Å². The second kappa shape index (κ2) is 8.33. The minimum atomic E-state index is -4.51. The first kappa shape index (κ1) is 21.9. The van der Waals surface area contributed by atoms with E-state index in [4.69, 9.17) is 0 Å². The Labute approximate surface area is 182 Å². The Kier molecular flexibility index (Phi) is 5.71. The molecule has 0 radical (unpaired) electrons. The van der Waals surface area contributed by atoms with Crippen molar-refractivity contribution >= 4 is 23.3 Å². The van der Waals surface area contributed by atoms with Crippen molar-refractivity contribution in [2.45, 2.75) is 50.9 Å². The van der Waals surface area contributed by atoms with Gasteiger partial charge in [-0.05, 0) is 42.2 Å². The summed E-state index contributed by atoms with van der Waals surface area (Å²) >= 11 is 0. The molecule has 2 aromatic carbocycles. The molecular formula is C24H20F3NO4. The summed E-state index contributed by atoms with van der Waals surface area (Å²) in [5.41, 5.74) is 1.15. The van der Waals surface area contributed by atoms with Crippen molar-refractivity contribution in [1.29, 1.82) is 0 Å². The molecule has 1 aliphatic carbocycles. The predicted octanol–water partition coefficient (Wildman–Crippen LogP) is 4.17. The average molecular weight is 443 g/mol. The topological polar surface area (TPSA) is 71.5 Å². The van der Waals surface area contributed by atoms with E-state index in [1.807, 2.05) is 0 Å². The number of benzene rings is 2. The number of carbonyl (C=O) groups excluding carboxylic acids is 4. The second-order valence-corrected chi connectivity index (χ2v) is 8.16. The fraction of sp³-hybridized carbons (Fsp3) is 0.333. The van der Waals surface area contributed by atoms with Gasteiger partial charge in [-0.15, -0.1) is 0 Å². The zero-order valence-corrected chi connectivity index (χ0v) is 17.1. The van der Waals surface area contributed by atoms with E-state index in [0.29, 0.717) is 18.4 Å². The van der Waals surface area contributed by atoms with Crippen molar-refractivity contribution < 1.29 is 32.3 Å². The molecule has 5 nitrogen and oxygen atoms in total. The van der Waals surface area contributed by atoms with Crippen molar-refractivity contribution in [3.05, 3.63) is 70.3 Å². The first-order valence-corrected chi connectivity index (χ1v) is 10.3. The number of hydrogen-bond donors (Lipinski definition) is 0. The van der Waals surface area contributed by atoms with Crippen molar-refractivity contribution in [2.75, 3.05) is 0 Å². The van der Waals surface area contributed by atoms with E-state index >= 15 is 0 Å². The highest BCUT2D eigenvalue weighted by molar-refractivity contribution is 6.07. The Morgan fingerprint density at radius 2 is 1.84 bits per heavy atom. The Morgan fingerprint density at radius 3 is 2.56 bits per heavy atom. The molecule has 0 aromatic heterocycles. The third-order valence-corrected chi connectivity index (χ3v) is 5.97. The van der Waals surface area contributed by atoms with Crippen LogP contribution in [0.25, 0.3) is 0 Å². The summed E-state index contributed by atoms with van der Waals surface area (Å²) in [6.07, 6.45) is -3.71. The molecule has 1 saturated carbocycles. The van der Waals surface area contributed by atoms with Crippen LogP contribution in [0, 0.1) is 0 Å². The molecule has 166 valence electrons. The van der Waals surface area contributed by atoms with Crippen molar-refractivity contribution in [3.63, 3.8) is 0 Å². The first-order valence-electron chi connectivity index (χ1n) is 10.3. The van der Waals surface area contributed by atoms with Gasteiger partial charge in [-0.1, -0.05) is 24.3 Å². The number of nitrogens with zero attached hydrogens (tertiary/aromatic N) is 1. The number of hydrogen-bond acceptors (Lipinski definition) is 4. The number of halogens is 3. The lowest BCUT2D eigenvalue weighted by Gasteiger charge is -2.29. The molecule has 1 unspecified atom stereocenters. The molecule has 1 atom stereocenters. The molecule has 1 aliphatic heterocycles. The number of rotatable bonds is 5. The summed E-state index contributed by atoms with van der Waals surface area (Å²) < 4.78 is 38.6. The molecule has 0 bridgehead atoms. The number of ketones is 3. The van der Waals surface area contributed by atoms with Crippen LogP contribution in [-0.2, 0) is 28.7 Å². The summed E-state index contributed by atoms with van der Waals surface area (Å²) in [7, 11) is 0. The first-order chi connectivity index (χ1) is 15.1. The van der Waals surface area contributed by atoms with Crippen molar-refractivity contribution in [1.82, 2.24) is 4.90 Å². The monoisotopic (exact) mass is 443 g/mol. The van der Waals surface area contributed by atoms with Gasteiger partial charge in [0, 0.05) is 30.5 Å². The van der Waals surface area contributed by atoms with Crippen LogP contribution in [0.2, 0.25) is 0 Å². The molecule has 0 saturated heterocycles. The van der Waals surface area contributed by atoms with E-state index in [1.54, 1.807) is 18.2 Å². The molecule has 8 heteroatoms. The number of alkyl halides is 3. The fourth-order valence-electron chi connectivity index (χ4n) is 4.26. The molecule has 2 aliphatic rings. The Balaban J connectivity index is 1.43. The lowest BCUT2D eigenvalue weighted by molar-refractivity contribution is -0.137. The molecule has 32 heavy (non-hydrogen) atoms. The van der Waals surface area contributed by atoms with Crippen LogP contribution in [0.3, 0.4) is 0 Å². The molecule has 4 rings (SSSR count). The normalized spacial score (nSPS) is 18.8. The number of Topliss-reactive ketones (excluding diaryl/α,β-unsaturated/α-hetero) is 3. The van der Waals surface area contributed by atoms with Crippen molar-refractivity contribution in [2.24, 2.45) is 0 Å². The van der Waals surface area contributed by atoms with E-state index < -0.39 is 23.6 Å². The standard InChI is InChI=1S/C24H20F3NO4/c25-24(26,27)17-3-1-2-15(11-17)21(30)9-5-14-4-7-19-16(10-14)13-28(23(19)32)20-8-6-18(29)12-22(20)31/h1-4,7,10-11,20H,5-6,8-9,12-13H2. The SMILES string of the molecule is O=C1CCC(N2Cc3cc(CCC(=O)c4cccc(C(F)(F)F)c4)ccc3C2=O)C(=O)C1. The van der Waals surface area contributed by atoms with E-state index in [1.165, 1.54) is 17.0 Å². The molecule has 1 heterocycles. The van der Waals surface area contributed by atoms with Crippen LogP contribution in [0.5, 0.6) is 0 Å². The van der Waals surface area contributed by atoms with Gasteiger partial charge in [-0.3, -0.25) is 19.2 Å². The Morgan fingerprint density at radius 1 is 1.06 bits per heavy atom. The Bertz CT molecular complexity index is 1120. The molecule has 1 amide bonds. The van der Waals surface area contributed by atoms with E-state index in [-0.39, 0.29) is 48.8 Å². The van der Waals surface area contributed by atoms with Crippen LogP contribution < -0.4 is 0 Å². The van der Waals surface area contributed by atoms with Crippen LogP contribution in [0.4, 0.5) is 13.2 Å². The van der Waals surface area contributed by atoms with Crippen LogP contribution >= 0.6 is 0 Å². The highest BCUT2D eigenvalue weighted by atomic mass is 19.4. The number of carbonyl (C=O) groups is 4. The van der Waals surface area contributed by atoms with Gasteiger partial charge in [0.15, 0.2) is 11.6 Å². The smallest absolute Gasteiger partial charge is 0.324 e. The quantitative estimate of drug-likeness (QED) is 0.514. The minimum Gasteiger partial charge on any atom is -0.324 e. The summed E-state index contributed by atoms with van der Waals surface area (Å²) in [5, 5.41) is 0. The largest absolute Gasteiger partial charge is 0.416 e. The molecule has 2 aromatic rings. The maximum atomic E-state index is 12.9. The summed E-state index contributed by atoms with van der Waals surface area (Å²) in [5.74, 6) is -0.997. The van der Waals surface area contributed by atoms with Gasteiger partial charge in [0.25, 0.3) is 5.91 Å². The van der Waals surface area contributed by atoms with Gasteiger partial charge in [-0.25, -0.2) is 0 Å². The van der Waals surface area contributed by atoms with Gasteiger partial charge < -0.3 is 4.90 Å². The highest BCUT2D eigenvalue weighted by Gasteiger charge is 2.39. The molecule has 0 N–H and O–H groups in total. The third-order valence-electron chi connectivity index (χ3n) is 5.97. The van der Waals surface area contributed by atoms with Crippen LogP contribution in [0.15, 0.2) is 42.5 Å². The van der Waals surface area contributed by atoms with Crippen LogP contribution in [-0.4, -0.2) is 34.2 Å². The second-order valence-electron chi connectivity index (χ2n) is 8.16. The zero-order chi connectivity index (χ0) is 23.0. The van der Waals surface area contributed by atoms with Gasteiger partial charge in [0.05, 0.1) is 18.0 Å². The van der Waals surface area contributed by atoms with Gasteiger partial charge in [0.1, 0.15) is 5.78 Å². The minimum absolute atomic E-state index is 0.00713. The fourth-order valence-corrected chi connectivity index (χ4v) is 4.26. The van der Waals surface area contributed by atoms with E-state index in [2.05, 4.69) is 0 Å². The average Bonchev–Trinajstić information content (AvgIpc) is 3.07. The maximum absolute atomic E-state index is 12.9. The third kappa shape index (κ3) is 4.35. The lowest BCUT2D eigenvalue weighted by atomic mass is 9.92. The van der Waals surface area contributed by atoms with E-state index in [0.717, 1.165) is 23.3 Å². The number of amides is 1. The summed E-state index contributed by atoms with van der Waals surface area (Å²) in [4.78, 5) is 50.3. The zero-order valence-electron chi connectivity index (χ0n) is 17.1. The lowest BCUT2D eigenvalue weighted by Crippen LogP contribution is -2.44. The van der Waals surface area contributed by atoms with Gasteiger partial charge in [-0.2, -0.15) is 13.2 Å². The molecule has 0 spiro atoms. The van der Waals surface area contributed by atoms with E-state index in [9.17, 15) is 32.3 Å². The van der Waals surface area contributed by atoms with Crippen LogP contribution in [0.1, 0.15) is 63.1 Å². The molecular weight excluding hydrogens is 423 g/mol. The summed E-state index contributed by atoms with van der Waals surface area (Å²) in [6, 6.07) is 8.92. The molecule has 1 fully saturated rings. The Hall–Kier alpha value is -3.29. The number of fused-ring (bicyclic) bond motifs is 1. The van der Waals surface area contributed by atoms with Gasteiger partial charge >= 0.3 is 6.18 Å².